The van der Waals surface area contributed by atoms with Gasteiger partial charge in [-0.2, -0.15) is 0 Å². The van der Waals surface area contributed by atoms with Crippen molar-refractivity contribution in [2.75, 3.05) is 11.4 Å². The predicted octanol–water partition coefficient (Wildman–Crippen LogP) is 3.72. The summed E-state index contributed by atoms with van der Waals surface area (Å²) in [6, 6.07) is 20.0. The maximum absolute atomic E-state index is 12.6. The maximum atomic E-state index is 12.6. The Hall–Kier alpha value is -3.78. The van der Waals surface area contributed by atoms with Crippen molar-refractivity contribution in [2.24, 2.45) is 0 Å². The zero-order chi connectivity index (χ0) is 22.7. The van der Waals surface area contributed by atoms with Gasteiger partial charge in [0.05, 0.1) is 16.8 Å². The number of hydrogen-bond donors (Lipinski definition) is 1. The average molecular weight is 493 g/mol. The van der Waals surface area contributed by atoms with Gasteiger partial charge in [0, 0.05) is 10.0 Å². The third kappa shape index (κ3) is 4.45. The number of esters is 1. The summed E-state index contributed by atoms with van der Waals surface area (Å²) < 4.78 is 6.07. The van der Waals surface area contributed by atoms with Crippen LogP contribution in [0.5, 0.6) is 0 Å². The quantitative estimate of drug-likeness (QED) is 0.418. The van der Waals surface area contributed by atoms with E-state index in [0.29, 0.717) is 16.8 Å². The molecule has 0 bridgehead atoms. The summed E-state index contributed by atoms with van der Waals surface area (Å²) in [4.78, 5) is 50.4. The number of hydrogen-bond acceptors (Lipinski definition) is 5. The molecule has 0 unspecified atom stereocenters. The molecule has 8 heteroatoms. The summed E-state index contributed by atoms with van der Waals surface area (Å²) >= 11 is 3.33. The molecule has 0 fully saturated rings. The van der Waals surface area contributed by atoms with Crippen molar-refractivity contribution >= 4 is 45.3 Å². The van der Waals surface area contributed by atoms with Gasteiger partial charge < -0.3 is 10.1 Å². The normalized spacial score (nSPS) is 12.5. The van der Waals surface area contributed by atoms with E-state index in [0.717, 1.165) is 14.9 Å². The average Bonchev–Trinajstić information content (AvgIpc) is 3.07. The number of benzene rings is 3. The van der Waals surface area contributed by atoms with Crippen LogP contribution in [0.1, 0.15) is 36.6 Å². The number of carbonyl (C=O) groups is 4. The maximum Gasteiger partial charge on any atom is 0.325 e. The number of carbonyl (C=O) groups excluding carboxylic acids is 4. The van der Waals surface area contributed by atoms with Crippen molar-refractivity contribution in [2.45, 2.75) is 6.61 Å². The van der Waals surface area contributed by atoms with Crippen LogP contribution in [0.3, 0.4) is 0 Å². The molecule has 1 aliphatic heterocycles. The molecule has 3 aromatic rings. The summed E-state index contributed by atoms with van der Waals surface area (Å²) in [5.41, 5.74) is 2.17. The first kappa shape index (κ1) is 21.5. The van der Waals surface area contributed by atoms with E-state index in [1.807, 2.05) is 24.3 Å². The van der Waals surface area contributed by atoms with Crippen LogP contribution in [0.15, 0.2) is 77.3 Å². The van der Waals surface area contributed by atoms with Gasteiger partial charge in [0.15, 0.2) is 0 Å². The SMILES string of the molecule is O=C(CNC(=O)c1ccc(N2C(=O)c3ccccc3C2=O)cc1)OCc1ccc(Br)cc1. The molecule has 0 atom stereocenters. The third-order valence-corrected chi connectivity index (χ3v) is 5.42. The number of amides is 3. The summed E-state index contributed by atoms with van der Waals surface area (Å²) in [6.45, 7) is -0.174. The number of nitrogens with zero attached hydrogens (tertiary/aromatic N) is 1. The van der Waals surface area contributed by atoms with Crippen LogP contribution >= 0.6 is 15.9 Å². The minimum atomic E-state index is -0.566. The van der Waals surface area contributed by atoms with E-state index in [9.17, 15) is 19.2 Å². The molecule has 0 aromatic heterocycles. The fraction of sp³-hybridized carbons (Fsp3) is 0.0833. The molecule has 0 aliphatic carbocycles. The second-order valence-electron chi connectivity index (χ2n) is 7.01. The predicted molar refractivity (Wildman–Crippen MR) is 120 cm³/mol. The van der Waals surface area contributed by atoms with Gasteiger partial charge in [-0.3, -0.25) is 19.2 Å². The number of nitrogens with one attached hydrogen (secondary N) is 1. The minimum absolute atomic E-state index is 0.108. The van der Waals surface area contributed by atoms with Gasteiger partial charge in [0.25, 0.3) is 17.7 Å². The second kappa shape index (κ2) is 9.15. The van der Waals surface area contributed by atoms with E-state index < -0.39 is 23.7 Å². The van der Waals surface area contributed by atoms with Gasteiger partial charge >= 0.3 is 5.97 Å². The van der Waals surface area contributed by atoms with Crippen LogP contribution in [0, 0.1) is 0 Å². The molecule has 0 saturated carbocycles. The van der Waals surface area contributed by atoms with Crippen molar-refractivity contribution in [1.29, 1.82) is 0 Å². The molecule has 1 N–H and O–H groups in total. The highest BCUT2D eigenvalue weighted by atomic mass is 79.9. The van der Waals surface area contributed by atoms with Crippen LogP contribution in [0.2, 0.25) is 0 Å². The van der Waals surface area contributed by atoms with Gasteiger partial charge in [-0.25, -0.2) is 4.90 Å². The Kier molecular flexibility index (Phi) is 6.13. The lowest BCUT2D eigenvalue weighted by atomic mass is 10.1. The lowest BCUT2D eigenvalue weighted by Gasteiger charge is -2.14. The second-order valence-corrected chi connectivity index (χ2v) is 7.92. The molecule has 1 aliphatic rings. The lowest BCUT2D eigenvalue weighted by Crippen LogP contribution is -2.31. The Morgan fingerprint density at radius 3 is 2.03 bits per heavy atom. The standard InChI is InChI=1S/C24H17BrN2O5/c25-17-9-5-15(6-10-17)14-32-21(28)13-26-22(29)16-7-11-18(12-8-16)27-23(30)19-3-1-2-4-20(19)24(27)31/h1-12H,13-14H2,(H,26,29). The van der Waals surface area contributed by atoms with Crippen molar-refractivity contribution in [3.05, 3.63) is 99.5 Å². The number of halogens is 1. The van der Waals surface area contributed by atoms with Crippen molar-refractivity contribution in [1.82, 2.24) is 5.32 Å². The highest BCUT2D eigenvalue weighted by molar-refractivity contribution is 9.10. The van der Waals surface area contributed by atoms with Crippen molar-refractivity contribution in [3.63, 3.8) is 0 Å². The van der Waals surface area contributed by atoms with E-state index in [4.69, 9.17) is 4.74 Å². The molecule has 0 spiro atoms. The van der Waals surface area contributed by atoms with E-state index in [-0.39, 0.29) is 18.7 Å². The fourth-order valence-corrected chi connectivity index (χ4v) is 3.50. The first-order valence-electron chi connectivity index (χ1n) is 9.70. The lowest BCUT2D eigenvalue weighted by molar-refractivity contribution is -0.143. The van der Waals surface area contributed by atoms with Gasteiger partial charge in [0.1, 0.15) is 13.2 Å². The Bertz CT molecular complexity index is 1170. The summed E-state index contributed by atoms with van der Waals surface area (Å²) in [6.07, 6.45) is 0. The van der Waals surface area contributed by atoms with E-state index >= 15 is 0 Å². The highest BCUT2D eigenvalue weighted by Gasteiger charge is 2.36. The van der Waals surface area contributed by atoms with E-state index in [2.05, 4.69) is 21.2 Å². The topological polar surface area (TPSA) is 92.8 Å². The first-order valence-corrected chi connectivity index (χ1v) is 10.5. The minimum Gasteiger partial charge on any atom is -0.460 e. The first-order chi connectivity index (χ1) is 15.4. The number of fused-ring (bicyclic) bond motifs is 1. The summed E-state index contributed by atoms with van der Waals surface area (Å²) in [5, 5.41) is 2.50. The molecule has 3 aromatic carbocycles. The number of imide groups is 1. The van der Waals surface area contributed by atoms with Crippen LogP contribution in [-0.4, -0.2) is 30.2 Å². The molecular weight excluding hydrogens is 476 g/mol. The fourth-order valence-electron chi connectivity index (χ4n) is 3.24. The highest BCUT2D eigenvalue weighted by Crippen LogP contribution is 2.28. The Labute approximate surface area is 192 Å². The Morgan fingerprint density at radius 2 is 1.44 bits per heavy atom. The number of anilines is 1. The zero-order valence-electron chi connectivity index (χ0n) is 16.7. The smallest absolute Gasteiger partial charge is 0.325 e. The largest absolute Gasteiger partial charge is 0.460 e. The molecule has 3 amide bonds. The molecule has 7 nitrogen and oxygen atoms in total. The van der Waals surface area contributed by atoms with Crippen molar-refractivity contribution in [3.8, 4) is 0 Å². The van der Waals surface area contributed by atoms with Gasteiger partial charge in [-0.1, -0.05) is 40.2 Å². The van der Waals surface area contributed by atoms with Gasteiger partial charge in [0.2, 0.25) is 0 Å². The molecule has 160 valence electrons. The van der Waals surface area contributed by atoms with Crippen LogP contribution in [-0.2, 0) is 16.1 Å². The molecule has 4 rings (SSSR count). The molecule has 0 radical (unpaired) electrons. The molecule has 32 heavy (non-hydrogen) atoms. The molecule has 0 saturated heterocycles. The van der Waals surface area contributed by atoms with Crippen LogP contribution in [0.4, 0.5) is 5.69 Å². The van der Waals surface area contributed by atoms with Crippen LogP contribution in [0.25, 0.3) is 0 Å². The molecule has 1 heterocycles. The van der Waals surface area contributed by atoms with Gasteiger partial charge in [-0.05, 0) is 54.1 Å². The van der Waals surface area contributed by atoms with Gasteiger partial charge in [-0.15, -0.1) is 0 Å². The Balaban J connectivity index is 1.32. The summed E-state index contributed by atoms with van der Waals surface area (Å²) in [7, 11) is 0. The molecular formula is C24H17BrN2O5. The Morgan fingerprint density at radius 1 is 0.844 bits per heavy atom. The third-order valence-electron chi connectivity index (χ3n) is 4.89. The number of ether oxygens (including phenoxy) is 1. The monoisotopic (exact) mass is 492 g/mol. The number of rotatable bonds is 6. The van der Waals surface area contributed by atoms with E-state index in [1.165, 1.54) is 24.3 Å². The van der Waals surface area contributed by atoms with Crippen molar-refractivity contribution < 1.29 is 23.9 Å². The van der Waals surface area contributed by atoms with Crippen LogP contribution < -0.4 is 10.2 Å². The summed E-state index contributed by atoms with van der Waals surface area (Å²) in [5.74, 6) is -1.85. The van der Waals surface area contributed by atoms with E-state index in [1.54, 1.807) is 24.3 Å². The zero-order valence-corrected chi connectivity index (χ0v) is 18.3.